The van der Waals surface area contributed by atoms with E-state index < -0.39 is 11.7 Å². The Bertz CT molecular complexity index is 927. The van der Waals surface area contributed by atoms with Gasteiger partial charge in [-0.2, -0.15) is 13.2 Å². The van der Waals surface area contributed by atoms with E-state index in [1.165, 1.54) is 6.07 Å². The van der Waals surface area contributed by atoms with Crippen LogP contribution in [0, 0.1) is 6.92 Å². The number of aryl methyl sites for hydroxylation is 1. The monoisotopic (exact) mass is 392 g/mol. The predicted molar refractivity (Wildman–Crippen MR) is 100 cm³/mol. The van der Waals surface area contributed by atoms with Crippen molar-refractivity contribution in [2.75, 3.05) is 10.6 Å². The Morgan fingerprint density at radius 1 is 0.963 bits per heavy atom. The summed E-state index contributed by atoms with van der Waals surface area (Å²) in [6, 6.07) is 14.0. The van der Waals surface area contributed by atoms with Gasteiger partial charge >= 0.3 is 6.18 Å². The average molecular weight is 393 g/mol. The fourth-order valence-corrected chi connectivity index (χ4v) is 2.56. The van der Waals surface area contributed by atoms with Crippen molar-refractivity contribution in [3.63, 3.8) is 0 Å². The molecule has 0 radical (unpaired) electrons. The molecule has 27 heavy (non-hydrogen) atoms. The fourth-order valence-electron chi connectivity index (χ4n) is 2.44. The zero-order valence-electron chi connectivity index (χ0n) is 14.3. The third-order valence-corrected chi connectivity index (χ3v) is 3.94. The molecule has 1 aromatic heterocycles. The topological polar surface area (TPSA) is 49.8 Å². The zero-order valence-corrected chi connectivity index (χ0v) is 15.1. The third-order valence-electron chi connectivity index (χ3n) is 3.69. The largest absolute Gasteiger partial charge is 0.416 e. The molecule has 0 aliphatic carbocycles. The molecule has 0 atom stereocenters. The molecule has 0 aliphatic heterocycles. The summed E-state index contributed by atoms with van der Waals surface area (Å²) in [4.78, 5) is 8.52. The Morgan fingerprint density at radius 3 is 2.37 bits per heavy atom. The number of rotatable bonds is 5. The number of aromatic nitrogens is 2. The number of anilines is 3. The summed E-state index contributed by atoms with van der Waals surface area (Å²) < 4.78 is 38.5. The van der Waals surface area contributed by atoms with Crippen LogP contribution in [0.4, 0.5) is 30.5 Å². The molecule has 0 saturated carbocycles. The van der Waals surface area contributed by atoms with Crippen LogP contribution in [0.25, 0.3) is 0 Å². The first-order valence-corrected chi connectivity index (χ1v) is 8.46. The number of halogens is 4. The van der Waals surface area contributed by atoms with Crippen LogP contribution in [0.1, 0.15) is 17.0 Å². The molecular formula is C19H16ClF3N4. The van der Waals surface area contributed by atoms with Gasteiger partial charge in [0, 0.05) is 23.3 Å². The molecule has 0 aliphatic rings. The van der Waals surface area contributed by atoms with Gasteiger partial charge in [0.1, 0.15) is 17.5 Å². The normalized spacial score (nSPS) is 11.3. The second kappa shape index (κ2) is 7.84. The number of benzene rings is 2. The second-order valence-electron chi connectivity index (χ2n) is 5.87. The summed E-state index contributed by atoms with van der Waals surface area (Å²) in [5.74, 6) is 1.46. The molecule has 0 unspecified atom stereocenters. The van der Waals surface area contributed by atoms with Crippen LogP contribution in [0.2, 0.25) is 5.02 Å². The quantitative estimate of drug-likeness (QED) is 0.575. The van der Waals surface area contributed by atoms with Gasteiger partial charge in [0.25, 0.3) is 0 Å². The molecule has 0 fully saturated rings. The molecule has 3 aromatic rings. The van der Waals surface area contributed by atoms with E-state index >= 15 is 0 Å². The number of nitrogens with zero attached hydrogens (tertiary/aromatic N) is 2. The molecule has 0 amide bonds. The second-order valence-corrected chi connectivity index (χ2v) is 6.31. The van der Waals surface area contributed by atoms with Gasteiger partial charge < -0.3 is 10.6 Å². The third kappa shape index (κ3) is 5.34. The minimum Gasteiger partial charge on any atom is -0.366 e. The smallest absolute Gasteiger partial charge is 0.366 e. The lowest BCUT2D eigenvalue weighted by molar-refractivity contribution is -0.137. The van der Waals surface area contributed by atoms with Crippen molar-refractivity contribution in [2.45, 2.75) is 19.6 Å². The highest BCUT2D eigenvalue weighted by Gasteiger charge is 2.30. The van der Waals surface area contributed by atoms with Crippen LogP contribution < -0.4 is 10.6 Å². The molecule has 4 nitrogen and oxygen atoms in total. The summed E-state index contributed by atoms with van der Waals surface area (Å²) in [7, 11) is 0. The Labute approximate surface area is 159 Å². The number of nitrogens with one attached hydrogen (secondary N) is 2. The van der Waals surface area contributed by atoms with Crippen molar-refractivity contribution in [3.8, 4) is 0 Å². The molecule has 1 heterocycles. The SMILES string of the molecule is Cc1nc(NCc2ccc(Cl)cc2)cc(Nc2cccc(C(F)(F)F)c2)n1. The summed E-state index contributed by atoms with van der Waals surface area (Å²) in [5, 5.41) is 6.72. The van der Waals surface area contributed by atoms with E-state index in [2.05, 4.69) is 20.6 Å². The molecule has 3 rings (SSSR count). The van der Waals surface area contributed by atoms with Gasteiger partial charge in [0.2, 0.25) is 0 Å². The molecular weight excluding hydrogens is 377 g/mol. The minimum atomic E-state index is -4.40. The minimum absolute atomic E-state index is 0.298. The molecule has 2 aromatic carbocycles. The van der Waals surface area contributed by atoms with E-state index in [0.29, 0.717) is 34.7 Å². The van der Waals surface area contributed by atoms with E-state index in [0.717, 1.165) is 17.7 Å². The van der Waals surface area contributed by atoms with E-state index in [4.69, 9.17) is 11.6 Å². The first kappa shape index (κ1) is 19.0. The maximum Gasteiger partial charge on any atom is 0.416 e. The van der Waals surface area contributed by atoms with Crippen molar-refractivity contribution in [3.05, 3.63) is 76.6 Å². The molecule has 2 N–H and O–H groups in total. The first-order chi connectivity index (χ1) is 12.8. The predicted octanol–water partition coefficient (Wildman–Crippen LogP) is 5.81. The maximum atomic E-state index is 12.8. The van der Waals surface area contributed by atoms with Crippen molar-refractivity contribution in [1.82, 2.24) is 9.97 Å². The Kier molecular flexibility index (Phi) is 5.51. The van der Waals surface area contributed by atoms with Crippen molar-refractivity contribution >= 4 is 28.9 Å². The van der Waals surface area contributed by atoms with Gasteiger partial charge in [-0.25, -0.2) is 9.97 Å². The van der Waals surface area contributed by atoms with Crippen LogP contribution in [0.5, 0.6) is 0 Å². The maximum absolute atomic E-state index is 12.8. The van der Waals surface area contributed by atoms with Gasteiger partial charge in [-0.15, -0.1) is 0 Å². The van der Waals surface area contributed by atoms with Gasteiger partial charge in [0.15, 0.2) is 0 Å². The summed E-state index contributed by atoms with van der Waals surface area (Å²) in [5.41, 5.74) is 0.592. The van der Waals surface area contributed by atoms with Crippen LogP contribution in [-0.4, -0.2) is 9.97 Å². The van der Waals surface area contributed by atoms with Crippen molar-refractivity contribution < 1.29 is 13.2 Å². The molecule has 0 saturated heterocycles. The summed E-state index contributed by atoms with van der Waals surface area (Å²) >= 11 is 5.87. The summed E-state index contributed by atoms with van der Waals surface area (Å²) in [6.45, 7) is 2.24. The highest BCUT2D eigenvalue weighted by Crippen LogP contribution is 2.31. The standard InChI is InChI=1S/C19H16ClF3N4/c1-12-25-17(24-11-13-5-7-15(20)8-6-13)10-18(26-12)27-16-4-2-3-14(9-16)19(21,22)23/h2-10H,11H2,1H3,(H2,24,25,26,27). The Morgan fingerprint density at radius 2 is 1.67 bits per heavy atom. The zero-order chi connectivity index (χ0) is 19.4. The van der Waals surface area contributed by atoms with E-state index in [1.807, 2.05) is 12.1 Å². The fraction of sp³-hybridized carbons (Fsp3) is 0.158. The van der Waals surface area contributed by atoms with Crippen molar-refractivity contribution in [2.24, 2.45) is 0 Å². The number of hydrogen-bond donors (Lipinski definition) is 2. The molecule has 0 spiro atoms. The lowest BCUT2D eigenvalue weighted by Gasteiger charge is -2.12. The Balaban J connectivity index is 1.74. The van der Waals surface area contributed by atoms with Gasteiger partial charge in [-0.1, -0.05) is 29.8 Å². The lowest BCUT2D eigenvalue weighted by Crippen LogP contribution is -2.07. The first-order valence-electron chi connectivity index (χ1n) is 8.08. The molecule has 140 valence electrons. The van der Waals surface area contributed by atoms with Crippen LogP contribution in [0.3, 0.4) is 0 Å². The number of hydrogen-bond acceptors (Lipinski definition) is 4. The van der Waals surface area contributed by atoms with E-state index in [9.17, 15) is 13.2 Å². The Hall–Kier alpha value is -2.80. The van der Waals surface area contributed by atoms with Gasteiger partial charge in [0.05, 0.1) is 5.56 Å². The van der Waals surface area contributed by atoms with Crippen LogP contribution >= 0.6 is 11.6 Å². The molecule has 0 bridgehead atoms. The van der Waals surface area contributed by atoms with Gasteiger partial charge in [-0.05, 0) is 42.8 Å². The average Bonchev–Trinajstić information content (AvgIpc) is 2.60. The van der Waals surface area contributed by atoms with Crippen molar-refractivity contribution in [1.29, 1.82) is 0 Å². The van der Waals surface area contributed by atoms with Crippen LogP contribution in [-0.2, 0) is 12.7 Å². The summed E-state index contributed by atoms with van der Waals surface area (Å²) in [6.07, 6.45) is -4.40. The highest BCUT2D eigenvalue weighted by atomic mass is 35.5. The van der Waals surface area contributed by atoms with E-state index in [-0.39, 0.29) is 0 Å². The molecule has 8 heteroatoms. The van der Waals surface area contributed by atoms with Crippen LogP contribution in [0.15, 0.2) is 54.6 Å². The lowest BCUT2D eigenvalue weighted by atomic mass is 10.2. The highest BCUT2D eigenvalue weighted by molar-refractivity contribution is 6.30. The van der Waals surface area contributed by atoms with Gasteiger partial charge in [-0.3, -0.25) is 0 Å². The number of alkyl halides is 3. The van der Waals surface area contributed by atoms with E-state index in [1.54, 1.807) is 31.2 Å².